The van der Waals surface area contributed by atoms with E-state index in [2.05, 4.69) is 30.1 Å². The number of carboxylic acid groups (broad SMARTS) is 1. The summed E-state index contributed by atoms with van der Waals surface area (Å²) in [7, 11) is 0. The number of nitrogens with zero attached hydrogens (tertiary/aromatic N) is 9. The van der Waals surface area contributed by atoms with Crippen molar-refractivity contribution in [2.75, 3.05) is 0 Å². The van der Waals surface area contributed by atoms with Crippen molar-refractivity contribution < 1.29 is 9.90 Å². The second-order valence-corrected chi connectivity index (χ2v) is 1.51. The molecule has 66 valence electrons. The summed E-state index contributed by atoms with van der Waals surface area (Å²) in [5.41, 5.74) is 23.8. The van der Waals surface area contributed by atoms with Gasteiger partial charge in [0.25, 0.3) is 5.79 Å². The molecular formula is C2HN9O2. The Morgan fingerprint density at radius 3 is 1.54 bits per heavy atom. The van der Waals surface area contributed by atoms with Crippen LogP contribution in [0.15, 0.2) is 15.3 Å². The average Bonchev–Trinajstić information content (AvgIpc) is 2.05. The summed E-state index contributed by atoms with van der Waals surface area (Å²) in [6.45, 7) is 0. The normalized spacial score (nSPS) is 12.3. The molecule has 0 atom stereocenters. The molecule has 0 aliphatic carbocycles. The molecule has 0 rings (SSSR count). The van der Waals surface area contributed by atoms with E-state index in [-0.39, 0.29) is 0 Å². The molecule has 0 amide bonds. The average molecular weight is 183 g/mol. The van der Waals surface area contributed by atoms with Crippen molar-refractivity contribution in [3.8, 4) is 0 Å². The van der Waals surface area contributed by atoms with Gasteiger partial charge in [-0.05, 0) is 16.6 Å². The molecule has 0 unspecified atom stereocenters. The van der Waals surface area contributed by atoms with Gasteiger partial charge in [-0.1, -0.05) is 15.3 Å². The van der Waals surface area contributed by atoms with E-state index in [0.29, 0.717) is 0 Å². The summed E-state index contributed by atoms with van der Waals surface area (Å²) in [5, 5.41) is 16.1. The molecule has 13 heavy (non-hydrogen) atoms. The topological polar surface area (TPSA) is 184 Å². The van der Waals surface area contributed by atoms with Crippen LogP contribution in [0, 0.1) is 0 Å². The first kappa shape index (κ1) is 10.4. The zero-order valence-electron chi connectivity index (χ0n) is 5.88. The van der Waals surface area contributed by atoms with Crippen LogP contribution in [0.5, 0.6) is 0 Å². The Morgan fingerprint density at radius 1 is 1.08 bits per heavy atom. The van der Waals surface area contributed by atoms with Crippen LogP contribution in [0.25, 0.3) is 31.3 Å². The van der Waals surface area contributed by atoms with E-state index in [4.69, 9.17) is 21.7 Å². The summed E-state index contributed by atoms with van der Waals surface area (Å²) in [5.74, 6) is -4.67. The molecule has 0 radical (unpaired) electrons. The first-order valence-electron chi connectivity index (χ1n) is 2.55. The third-order valence-electron chi connectivity index (χ3n) is 0.839. The van der Waals surface area contributed by atoms with Crippen molar-refractivity contribution >= 4 is 5.97 Å². The monoisotopic (exact) mass is 183 g/mol. The molecule has 0 aromatic carbocycles. The molecule has 0 aromatic rings. The Morgan fingerprint density at radius 2 is 1.38 bits per heavy atom. The number of aliphatic carboxylic acids is 1. The van der Waals surface area contributed by atoms with E-state index in [1.54, 1.807) is 0 Å². The van der Waals surface area contributed by atoms with Gasteiger partial charge in [0.2, 0.25) is 0 Å². The molecule has 0 saturated heterocycles. The Hall–Kier alpha value is -2.60. The smallest absolute Gasteiger partial charge is 0.327 e. The third kappa shape index (κ3) is 2.17. The zero-order chi connectivity index (χ0) is 10.3. The lowest BCUT2D eigenvalue weighted by Gasteiger charge is -2.08. The zero-order valence-corrected chi connectivity index (χ0v) is 5.88. The van der Waals surface area contributed by atoms with E-state index < -0.39 is 11.8 Å². The number of hydrogen-bond donors (Lipinski definition) is 1. The number of azide groups is 1. The fourth-order valence-corrected chi connectivity index (χ4v) is 0.375. The van der Waals surface area contributed by atoms with Crippen LogP contribution in [-0.4, -0.2) is 16.9 Å². The third-order valence-corrected chi connectivity index (χ3v) is 0.839. The molecule has 0 spiro atoms. The first-order chi connectivity index (χ1) is 6.13. The highest BCUT2D eigenvalue weighted by Gasteiger charge is 2.36. The Balaban J connectivity index is 5.54. The maximum atomic E-state index is 10.4. The van der Waals surface area contributed by atoms with Crippen LogP contribution in [0.4, 0.5) is 0 Å². The second kappa shape index (κ2) is 4.31. The number of carboxylic acids is 1. The predicted octanol–water partition coefficient (Wildman–Crippen LogP) is 1.66. The summed E-state index contributed by atoms with van der Waals surface area (Å²) in [6.07, 6.45) is 0. The van der Waals surface area contributed by atoms with E-state index in [1.807, 2.05) is 0 Å². The van der Waals surface area contributed by atoms with Crippen LogP contribution in [0.3, 0.4) is 0 Å². The van der Waals surface area contributed by atoms with E-state index in [9.17, 15) is 4.79 Å². The van der Waals surface area contributed by atoms with Crippen molar-refractivity contribution in [3.05, 3.63) is 31.3 Å². The highest BCUT2D eigenvalue weighted by atomic mass is 16.4. The minimum absolute atomic E-state index is 1.86. The maximum Gasteiger partial charge on any atom is 0.327 e. The van der Waals surface area contributed by atoms with Crippen molar-refractivity contribution in [3.63, 3.8) is 0 Å². The summed E-state index contributed by atoms with van der Waals surface area (Å²) >= 11 is 0. The minimum atomic E-state index is -2.81. The van der Waals surface area contributed by atoms with E-state index >= 15 is 0 Å². The highest BCUT2D eigenvalue weighted by molar-refractivity contribution is 5.78. The predicted molar refractivity (Wildman–Crippen MR) is 37.8 cm³/mol. The molecular weight excluding hydrogens is 182 g/mol. The fourth-order valence-electron chi connectivity index (χ4n) is 0.375. The van der Waals surface area contributed by atoms with Crippen molar-refractivity contribution in [1.82, 2.24) is 0 Å². The van der Waals surface area contributed by atoms with E-state index in [0.717, 1.165) is 0 Å². The van der Waals surface area contributed by atoms with Gasteiger partial charge in [0, 0.05) is 14.7 Å². The van der Waals surface area contributed by atoms with Crippen molar-refractivity contribution in [2.45, 2.75) is 5.79 Å². The summed E-state index contributed by atoms with van der Waals surface area (Å²) in [6, 6.07) is 0. The van der Waals surface area contributed by atoms with Gasteiger partial charge in [-0.25, -0.2) is 0 Å². The van der Waals surface area contributed by atoms with Crippen molar-refractivity contribution in [1.29, 1.82) is 0 Å². The first-order valence-corrected chi connectivity index (χ1v) is 2.55. The quantitative estimate of drug-likeness (QED) is 0.394. The lowest BCUT2D eigenvalue weighted by Crippen LogP contribution is -2.30. The van der Waals surface area contributed by atoms with Gasteiger partial charge in [-0.2, -0.15) is 0 Å². The highest BCUT2D eigenvalue weighted by Crippen LogP contribution is 2.16. The standard InChI is InChI=1S/C2HN9O2/c3-9-6-2(1(12)13,7-10-4)8-11-5/h(H,12,13). The van der Waals surface area contributed by atoms with E-state index in [1.165, 1.54) is 0 Å². The molecule has 0 aromatic heterocycles. The Kier molecular flexibility index (Phi) is 3.45. The second-order valence-electron chi connectivity index (χ2n) is 1.51. The molecule has 0 saturated carbocycles. The Bertz CT molecular complexity index is 300. The van der Waals surface area contributed by atoms with Crippen LogP contribution >= 0.6 is 0 Å². The van der Waals surface area contributed by atoms with Crippen LogP contribution < -0.4 is 0 Å². The largest absolute Gasteiger partial charge is 0.481 e. The molecule has 11 heteroatoms. The minimum Gasteiger partial charge on any atom is -0.481 e. The molecule has 11 nitrogen and oxygen atoms in total. The SMILES string of the molecule is [N-]=[N+]=NC(N=[N+]=[N-])(N=[N+]=[N-])C(=O)O. The Labute approximate surface area is 69.5 Å². The maximum absolute atomic E-state index is 10.4. The van der Waals surface area contributed by atoms with Gasteiger partial charge < -0.3 is 5.11 Å². The lowest BCUT2D eigenvalue weighted by atomic mass is 10.4. The lowest BCUT2D eigenvalue weighted by molar-refractivity contribution is -0.142. The number of hydrogen-bond acceptors (Lipinski definition) is 4. The molecule has 0 heterocycles. The molecule has 0 aliphatic rings. The fraction of sp³-hybridized carbons (Fsp3) is 0.500. The van der Waals surface area contributed by atoms with Gasteiger partial charge in [0.1, 0.15) is 0 Å². The van der Waals surface area contributed by atoms with Gasteiger partial charge in [-0.3, -0.25) is 4.79 Å². The van der Waals surface area contributed by atoms with Crippen LogP contribution in [-0.2, 0) is 4.79 Å². The van der Waals surface area contributed by atoms with Crippen molar-refractivity contribution in [2.24, 2.45) is 15.3 Å². The number of carbonyl (C=O) groups is 1. The van der Waals surface area contributed by atoms with Crippen LogP contribution in [0.1, 0.15) is 0 Å². The van der Waals surface area contributed by atoms with Gasteiger partial charge in [-0.15, -0.1) is 0 Å². The van der Waals surface area contributed by atoms with Crippen LogP contribution in [0.2, 0.25) is 0 Å². The van der Waals surface area contributed by atoms with Gasteiger partial charge in [0.15, 0.2) is 0 Å². The molecule has 0 bridgehead atoms. The van der Waals surface area contributed by atoms with Gasteiger partial charge in [0.05, 0.1) is 0 Å². The summed E-state index contributed by atoms with van der Waals surface area (Å²) in [4.78, 5) is 16.6. The molecule has 1 N–H and O–H groups in total. The molecule has 0 aliphatic heterocycles. The molecule has 0 fully saturated rings. The summed E-state index contributed by atoms with van der Waals surface area (Å²) < 4.78 is 0. The number of rotatable bonds is 4. The van der Waals surface area contributed by atoms with Gasteiger partial charge >= 0.3 is 5.97 Å².